The molecule has 0 spiro atoms. The minimum absolute atomic E-state index is 0.0234. The molecule has 0 aliphatic heterocycles. The van der Waals surface area contributed by atoms with Gasteiger partial charge in [-0.25, -0.2) is 0 Å². The van der Waals surface area contributed by atoms with Crippen molar-refractivity contribution in [2.24, 2.45) is 16.6 Å². The number of carbonyl (C=O) groups excluding carboxylic acids is 6. The minimum Gasteiger partial charge on any atom is -0.375 e. The number of carbonyl (C=O) groups is 6. The number of nitrogens with two attached hydrogens (primary N) is 1. The second-order valence-electron chi connectivity index (χ2n) is 22.6. The molecule has 82 heavy (non-hydrogen) atoms. The topological polar surface area (TPSA) is 213 Å². The first-order chi connectivity index (χ1) is 38.3. The van der Waals surface area contributed by atoms with Crippen LogP contribution in [-0.2, 0) is 47.7 Å². The summed E-state index contributed by atoms with van der Waals surface area (Å²) in [6, 6.07) is 0. The van der Waals surface area contributed by atoms with E-state index >= 15 is 0 Å². The van der Waals surface area contributed by atoms with Crippen LogP contribution >= 0.6 is 24.4 Å². The summed E-state index contributed by atoms with van der Waals surface area (Å²) < 4.78 is 24.4. The van der Waals surface area contributed by atoms with Crippen molar-refractivity contribution in [2.45, 2.75) is 311 Å². The normalized spacial score (nSPS) is 11.9. The van der Waals surface area contributed by atoms with Crippen LogP contribution in [0.3, 0.4) is 0 Å². The molecule has 0 fully saturated rings. The molecule has 0 saturated heterocycles. The number of hydrogen-bond donors (Lipinski definition) is 6. The highest BCUT2D eigenvalue weighted by Crippen LogP contribution is 2.33. The lowest BCUT2D eigenvalue weighted by Crippen LogP contribution is -2.56. The fraction of sp³-hybridized carbons (Fsp3) is 0.908. The quantitative estimate of drug-likeness (QED) is 0.0193. The molecular weight excluding hydrogens is 1070 g/mol. The number of ketones is 2. The average molecular weight is 1210 g/mol. The Labute approximate surface area is 517 Å². The molecule has 0 heterocycles. The Bertz CT molecular complexity index is 1530. The molecule has 6 N–H and O–H groups in total. The first-order valence-electron chi connectivity index (χ1n) is 31.9. The van der Waals surface area contributed by atoms with Crippen LogP contribution in [-0.4, -0.2) is 127 Å². The molecule has 0 rings (SSSR count). The number of thioether (sulfide) groups is 1. The van der Waals surface area contributed by atoms with E-state index in [2.05, 4.69) is 54.7 Å². The Morgan fingerprint density at radius 3 is 1.24 bits per heavy atom. The van der Waals surface area contributed by atoms with Crippen LogP contribution in [0.4, 0.5) is 0 Å². The second-order valence-corrected chi connectivity index (χ2v) is 24.2. The van der Waals surface area contributed by atoms with E-state index in [0.717, 1.165) is 25.0 Å². The summed E-state index contributed by atoms with van der Waals surface area (Å²) in [5.41, 5.74) is 2.53. The van der Waals surface area contributed by atoms with Gasteiger partial charge in [-0.3, -0.25) is 28.8 Å². The van der Waals surface area contributed by atoms with Crippen LogP contribution in [0.1, 0.15) is 283 Å². The maximum absolute atomic E-state index is 13.7. The summed E-state index contributed by atoms with van der Waals surface area (Å²) in [7, 11) is 0. The maximum Gasteiger partial charge on any atom is 0.256 e. The van der Waals surface area contributed by atoms with E-state index in [9.17, 15) is 28.8 Å². The SMILES string of the molecule is CC.CC.CC.CC.CC.CC.CCC(=O)CCOC(C)(C)CCOC(C)(C)CCC(=O)NCCCC[C@](NC(=O)CCC(C)(C)OCCC(C)(C)OCCNC(=O)C(C)(C)CC(C)(C)C)(SC)C(=O)NCCCCS.CCC(=O)CN. The second kappa shape index (κ2) is 57.8. The molecular formula is C65H139N5O10S2. The molecule has 17 heteroatoms. The zero-order valence-corrected chi connectivity index (χ0v) is 60.7. The largest absolute Gasteiger partial charge is 0.375 e. The monoisotopic (exact) mass is 1210 g/mol. The summed E-state index contributed by atoms with van der Waals surface area (Å²) >= 11 is 5.60. The lowest BCUT2D eigenvalue weighted by molar-refractivity contribution is -0.132. The first kappa shape index (κ1) is 96.0. The highest BCUT2D eigenvalue weighted by molar-refractivity contribution is 8.00. The van der Waals surface area contributed by atoms with Gasteiger partial charge in [-0.05, 0) is 137 Å². The Kier molecular flexibility index (Phi) is 67.7. The molecule has 0 aromatic heterocycles. The van der Waals surface area contributed by atoms with Crippen molar-refractivity contribution in [1.29, 1.82) is 0 Å². The molecule has 0 radical (unpaired) electrons. The van der Waals surface area contributed by atoms with E-state index in [1.807, 2.05) is 166 Å². The van der Waals surface area contributed by atoms with Gasteiger partial charge >= 0.3 is 0 Å². The summed E-state index contributed by atoms with van der Waals surface area (Å²) in [5.74, 6) is 0.534. The minimum atomic E-state index is -1.16. The van der Waals surface area contributed by atoms with Gasteiger partial charge in [0.05, 0.1) is 55.4 Å². The molecule has 0 unspecified atom stereocenters. The van der Waals surface area contributed by atoms with E-state index in [1.54, 1.807) is 6.92 Å². The highest BCUT2D eigenvalue weighted by atomic mass is 32.2. The van der Waals surface area contributed by atoms with E-state index in [0.29, 0.717) is 117 Å². The van der Waals surface area contributed by atoms with Crippen molar-refractivity contribution in [2.75, 3.05) is 64.6 Å². The van der Waals surface area contributed by atoms with Crippen molar-refractivity contribution in [1.82, 2.24) is 21.3 Å². The third kappa shape index (κ3) is 59.5. The van der Waals surface area contributed by atoms with Gasteiger partial charge in [0.2, 0.25) is 17.7 Å². The maximum atomic E-state index is 13.7. The van der Waals surface area contributed by atoms with Gasteiger partial charge in [-0.1, -0.05) is 132 Å². The molecule has 0 aromatic carbocycles. The fourth-order valence-electron chi connectivity index (χ4n) is 7.33. The average Bonchev–Trinajstić information content (AvgIpc) is 3.43. The molecule has 0 aliphatic carbocycles. The summed E-state index contributed by atoms with van der Waals surface area (Å²) in [5, 5.41) is 12.1. The summed E-state index contributed by atoms with van der Waals surface area (Å²) in [6.45, 7) is 57.1. The predicted molar refractivity (Wildman–Crippen MR) is 358 cm³/mol. The van der Waals surface area contributed by atoms with Gasteiger partial charge in [0, 0.05) is 57.2 Å². The smallest absolute Gasteiger partial charge is 0.256 e. The number of hydrogen-bond acceptors (Lipinski definition) is 13. The van der Waals surface area contributed by atoms with Gasteiger partial charge in [-0.2, -0.15) is 12.6 Å². The Hall–Kier alpha value is -2.28. The Morgan fingerprint density at radius 2 is 0.841 bits per heavy atom. The van der Waals surface area contributed by atoms with E-state index in [4.69, 9.17) is 24.7 Å². The summed E-state index contributed by atoms with van der Waals surface area (Å²) in [6.07, 6.45) is 10.2. The Balaban J connectivity index is -0.000000449. The van der Waals surface area contributed by atoms with Crippen LogP contribution in [0.15, 0.2) is 0 Å². The molecule has 0 aliphatic rings. The van der Waals surface area contributed by atoms with Gasteiger partial charge in [-0.15, -0.1) is 11.8 Å². The van der Waals surface area contributed by atoms with Crippen molar-refractivity contribution < 1.29 is 47.7 Å². The summed E-state index contributed by atoms with van der Waals surface area (Å²) in [4.78, 5) is 73.3. The van der Waals surface area contributed by atoms with Crippen molar-refractivity contribution in [3.05, 3.63) is 0 Å². The standard InChI is InChI=1S/C49H94N4O9S2.C4H9NO.6C2H6/c1-16-38(54)23-32-59-47(11,12)27-33-60-45(7,8)25-21-39(55)50-29-18-17-24-49(64-15,42(58)51-30-19-20-36-63)53-40(56)22-26-46(9,10)61-34-28-48(13,14)62-35-31-52-41(57)44(5,6)37-43(2,3)4;1-2-4(6)3-5;6*1-2/h63H,16-37H2,1-15H3,(H,50,55)(H,51,58)(H,52,57)(H,53,56);2-3,5H2,1H3;6*1-2H3/t49-;;;;;;;/m0......./s1. The predicted octanol–water partition coefficient (Wildman–Crippen LogP) is 14.8. The molecule has 0 bridgehead atoms. The van der Waals surface area contributed by atoms with Gasteiger partial charge in [0.15, 0.2) is 4.87 Å². The number of amides is 4. The zero-order chi connectivity index (χ0) is 66.3. The van der Waals surface area contributed by atoms with E-state index in [1.165, 1.54) is 11.8 Å². The molecule has 0 saturated carbocycles. The molecule has 0 aromatic rings. The molecule has 496 valence electrons. The number of rotatable bonds is 39. The number of nitrogens with one attached hydrogen (secondary N) is 4. The molecule has 15 nitrogen and oxygen atoms in total. The van der Waals surface area contributed by atoms with Crippen LogP contribution < -0.4 is 27.0 Å². The van der Waals surface area contributed by atoms with Crippen LogP contribution in [0, 0.1) is 10.8 Å². The van der Waals surface area contributed by atoms with Crippen LogP contribution in [0.5, 0.6) is 0 Å². The van der Waals surface area contributed by atoms with Crippen molar-refractivity contribution in [3.8, 4) is 0 Å². The number of Topliss-reactive ketones (excluding diaryl/α,β-unsaturated/α-hetero) is 2. The number of unbranched alkanes of at least 4 members (excludes halogenated alkanes) is 2. The van der Waals surface area contributed by atoms with Gasteiger partial charge in [0.25, 0.3) is 5.91 Å². The van der Waals surface area contributed by atoms with E-state index < -0.39 is 32.7 Å². The van der Waals surface area contributed by atoms with Gasteiger partial charge in [0.1, 0.15) is 11.6 Å². The zero-order valence-electron chi connectivity index (χ0n) is 59.0. The van der Waals surface area contributed by atoms with Crippen molar-refractivity contribution in [3.63, 3.8) is 0 Å². The van der Waals surface area contributed by atoms with E-state index in [-0.39, 0.29) is 53.6 Å². The fourth-order valence-corrected chi connectivity index (χ4v) is 8.37. The third-order valence-corrected chi connectivity index (χ3v) is 13.4. The molecule has 1 atom stereocenters. The number of thiol groups is 1. The first-order valence-corrected chi connectivity index (χ1v) is 33.7. The lowest BCUT2D eigenvalue weighted by Gasteiger charge is -2.33. The van der Waals surface area contributed by atoms with Crippen molar-refractivity contribution >= 4 is 59.6 Å². The molecule has 4 amide bonds. The third-order valence-electron chi connectivity index (χ3n) is 11.9. The number of ether oxygens (including phenoxy) is 4. The van der Waals surface area contributed by atoms with Crippen LogP contribution in [0.25, 0.3) is 0 Å². The highest BCUT2D eigenvalue weighted by Gasteiger charge is 2.39. The lowest BCUT2D eigenvalue weighted by atomic mass is 9.76. The van der Waals surface area contributed by atoms with Crippen LogP contribution in [0.2, 0.25) is 0 Å². The Morgan fingerprint density at radius 1 is 0.451 bits per heavy atom. The van der Waals surface area contributed by atoms with Gasteiger partial charge < -0.3 is 45.9 Å².